The molecule has 1 aliphatic rings. The Labute approximate surface area is 108 Å². The van der Waals surface area contributed by atoms with Crippen molar-refractivity contribution in [2.45, 2.75) is 77.8 Å². The Hall–Kier alpha value is -0.0800. The molecule has 3 unspecified atom stereocenters. The maximum atomic E-state index is 5.93. The van der Waals surface area contributed by atoms with Crippen molar-refractivity contribution >= 4 is 0 Å². The summed E-state index contributed by atoms with van der Waals surface area (Å²) in [6.45, 7) is 9.14. The van der Waals surface area contributed by atoms with E-state index in [2.05, 4.69) is 25.7 Å². The second kappa shape index (κ2) is 8.10. The van der Waals surface area contributed by atoms with Crippen LogP contribution >= 0.6 is 0 Å². The van der Waals surface area contributed by atoms with Crippen molar-refractivity contribution in [3.05, 3.63) is 0 Å². The molecule has 0 aromatic rings. The first-order chi connectivity index (χ1) is 8.19. The summed E-state index contributed by atoms with van der Waals surface area (Å²) in [5, 5.41) is 0. The molecule has 1 rings (SSSR count). The van der Waals surface area contributed by atoms with E-state index < -0.39 is 0 Å². The van der Waals surface area contributed by atoms with E-state index in [1.165, 1.54) is 51.5 Å². The van der Waals surface area contributed by atoms with E-state index in [1.807, 2.05) is 0 Å². The third kappa shape index (κ3) is 4.97. The first-order valence-corrected chi connectivity index (χ1v) is 7.64. The quantitative estimate of drug-likeness (QED) is 0.691. The predicted octanol–water partition coefficient (Wildman–Crippen LogP) is 3.40. The van der Waals surface area contributed by atoms with Crippen LogP contribution in [0.25, 0.3) is 0 Å². The zero-order valence-electron chi connectivity index (χ0n) is 12.1. The Balaban J connectivity index is 2.30. The van der Waals surface area contributed by atoms with Gasteiger partial charge in [-0.25, -0.2) is 0 Å². The highest BCUT2D eigenvalue weighted by molar-refractivity contribution is 4.84. The largest absolute Gasteiger partial charge is 0.329 e. The van der Waals surface area contributed by atoms with Gasteiger partial charge in [0, 0.05) is 18.6 Å². The summed E-state index contributed by atoms with van der Waals surface area (Å²) in [7, 11) is 0. The van der Waals surface area contributed by atoms with Gasteiger partial charge in [0.1, 0.15) is 0 Å². The molecule has 0 bridgehead atoms. The van der Waals surface area contributed by atoms with Crippen LogP contribution in [0.5, 0.6) is 0 Å². The number of unbranched alkanes of at least 4 members (excludes halogenated alkanes) is 3. The van der Waals surface area contributed by atoms with Gasteiger partial charge in [-0.1, -0.05) is 39.5 Å². The second-order valence-corrected chi connectivity index (χ2v) is 5.96. The number of nitrogens with zero attached hydrogens (tertiary/aromatic N) is 1. The van der Waals surface area contributed by atoms with E-state index in [4.69, 9.17) is 5.73 Å². The summed E-state index contributed by atoms with van der Waals surface area (Å²) in [5.41, 5.74) is 5.93. The van der Waals surface area contributed by atoms with E-state index in [1.54, 1.807) is 0 Å². The van der Waals surface area contributed by atoms with Gasteiger partial charge >= 0.3 is 0 Å². The van der Waals surface area contributed by atoms with Crippen LogP contribution in [0.3, 0.4) is 0 Å². The summed E-state index contributed by atoms with van der Waals surface area (Å²) >= 11 is 0. The lowest BCUT2D eigenvalue weighted by molar-refractivity contribution is 0.0784. The van der Waals surface area contributed by atoms with Crippen molar-refractivity contribution in [3.63, 3.8) is 0 Å². The Morgan fingerprint density at radius 3 is 2.71 bits per heavy atom. The third-order valence-corrected chi connectivity index (χ3v) is 4.34. The molecule has 2 nitrogen and oxygen atoms in total. The van der Waals surface area contributed by atoms with Crippen molar-refractivity contribution in [2.75, 3.05) is 13.1 Å². The van der Waals surface area contributed by atoms with Crippen LogP contribution < -0.4 is 5.73 Å². The van der Waals surface area contributed by atoms with E-state index in [9.17, 15) is 0 Å². The summed E-state index contributed by atoms with van der Waals surface area (Å²) in [4.78, 5) is 2.67. The molecule has 102 valence electrons. The molecule has 2 heteroatoms. The van der Waals surface area contributed by atoms with Crippen LogP contribution in [0.15, 0.2) is 0 Å². The summed E-state index contributed by atoms with van der Waals surface area (Å²) < 4.78 is 0. The molecule has 1 aliphatic heterocycles. The van der Waals surface area contributed by atoms with Gasteiger partial charge in [-0.3, -0.25) is 4.90 Å². The molecule has 0 radical (unpaired) electrons. The molecule has 1 saturated heterocycles. The minimum atomic E-state index is 0.639. The van der Waals surface area contributed by atoms with Crippen molar-refractivity contribution in [1.82, 2.24) is 4.90 Å². The van der Waals surface area contributed by atoms with Crippen molar-refractivity contribution in [3.8, 4) is 0 Å². The zero-order chi connectivity index (χ0) is 12.7. The number of rotatable bonds is 7. The molecule has 1 fully saturated rings. The highest BCUT2D eigenvalue weighted by Gasteiger charge is 2.28. The highest BCUT2D eigenvalue weighted by atomic mass is 15.2. The lowest BCUT2D eigenvalue weighted by atomic mass is 9.90. The molecular formula is C15H32N2. The van der Waals surface area contributed by atoms with Crippen LogP contribution in [0, 0.1) is 5.92 Å². The third-order valence-electron chi connectivity index (χ3n) is 4.34. The van der Waals surface area contributed by atoms with Gasteiger partial charge in [0.05, 0.1) is 0 Å². The average molecular weight is 240 g/mol. The molecule has 0 aromatic carbocycles. The summed E-state index contributed by atoms with van der Waals surface area (Å²) in [5.74, 6) is 0.868. The van der Waals surface area contributed by atoms with Crippen LogP contribution in [-0.4, -0.2) is 30.1 Å². The fourth-order valence-corrected chi connectivity index (χ4v) is 3.11. The number of piperidine rings is 1. The fourth-order valence-electron chi connectivity index (χ4n) is 3.11. The zero-order valence-corrected chi connectivity index (χ0v) is 12.1. The van der Waals surface area contributed by atoms with Crippen LogP contribution in [0.1, 0.15) is 65.7 Å². The van der Waals surface area contributed by atoms with Gasteiger partial charge in [-0.05, 0) is 38.6 Å². The molecule has 0 aromatic heterocycles. The van der Waals surface area contributed by atoms with Gasteiger partial charge in [-0.15, -0.1) is 0 Å². The molecule has 1 heterocycles. The molecule has 0 saturated carbocycles. The predicted molar refractivity (Wildman–Crippen MR) is 76.2 cm³/mol. The number of nitrogens with two attached hydrogens (primary N) is 1. The van der Waals surface area contributed by atoms with Gasteiger partial charge in [0.2, 0.25) is 0 Å². The van der Waals surface area contributed by atoms with Crippen LogP contribution in [-0.2, 0) is 0 Å². The van der Waals surface area contributed by atoms with Gasteiger partial charge in [0.25, 0.3) is 0 Å². The molecular weight excluding hydrogens is 208 g/mol. The van der Waals surface area contributed by atoms with Gasteiger partial charge < -0.3 is 5.73 Å². The van der Waals surface area contributed by atoms with Crippen molar-refractivity contribution in [2.24, 2.45) is 11.7 Å². The Morgan fingerprint density at radius 1 is 1.29 bits per heavy atom. The maximum Gasteiger partial charge on any atom is 0.0223 e. The lowest BCUT2D eigenvalue weighted by Gasteiger charge is -2.41. The highest BCUT2D eigenvalue weighted by Crippen LogP contribution is 2.25. The van der Waals surface area contributed by atoms with Crippen molar-refractivity contribution in [1.29, 1.82) is 0 Å². The molecule has 3 atom stereocenters. The normalized spacial score (nSPS) is 28.2. The number of hydrogen-bond donors (Lipinski definition) is 1. The SMILES string of the molecule is CCCCCCC(C)N1CCC(C)CC1CN. The lowest BCUT2D eigenvalue weighted by Crippen LogP contribution is -2.50. The molecule has 2 N–H and O–H groups in total. The van der Waals surface area contributed by atoms with Crippen molar-refractivity contribution < 1.29 is 0 Å². The first-order valence-electron chi connectivity index (χ1n) is 7.64. The summed E-state index contributed by atoms with van der Waals surface area (Å²) in [6.07, 6.45) is 9.53. The molecule has 17 heavy (non-hydrogen) atoms. The molecule has 0 amide bonds. The van der Waals surface area contributed by atoms with Gasteiger partial charge in [0.15, 0.2) is 0 Å². The van der Waals surface area contributed by atoms with Gasteiger partial charge in [-0.2, -0.15) is 0 Å². The molecule has 0 spiro atoms. The van der Waals surface area contributed by atoms with E-state index in [0.29, 0.717) is 6.04 Å². The minimum Gasteiger partial charge on any atom is -0.329 e. The number of hydrogen-bond acceptors (Lipinski definition) is 2. The summed E-state index contributed by atoms with van der Waals surface area (Å²) in [6, 6.07) is 1.37. The van der Waals surface area contributed by atoms with E-state index >= 15 is 0 Å². The number of likely N-dealkylation sites (tertiary alicyclic amines) is 1. The standard InChI is InChI=1S/C15H32N2/c1-4-5-6-7-8-14(3)17-10-9-13(2)11-15(17)12-16/h13-15H,4-12,16H2,1-3H3. The smallest absolute Gasteiger partial charge is 0.0223 e. The fraction of sp³-hybridized carbons (Fsp3) is 1.00. The topological polar surface area (TPSA) is 29.3 Å². The first kappa shape index (κ1) is 15.0. The minimum absolute atomic E-state index is 0.639. The van der Waals surface area contributed by atoms with E-state index in [-0.39, 0.29) is 0 Å². The monoisotopic (exact) mass is 240 g/mol. The Bertz CT molecular complexity index is 193. The second-order valence-electron chi connectivity index (χ2n) is 5.96. The van der Waals surface area contributed by atoms with E-state index in [0.717, 1.165) is 18.5 Å². The molecule has 0 aliphatic carbocycles. The van der Waals surface area contributed by atoms with Crippen LogP contribution in [0.2, 0.25) is 0 Å². The Kier molecular flexibility index (Phi) is 7.14. The Morgan fingerprint density at radius 2 is 2.06 bits per heavy atom. The average Bonchev–Trinajstić information content (AvgIpc) is 2.34. The van der Waals surface area contributed by atoms with Crippen LogP contribution in [0.4, 0.5) is 0 Å². The maximum absolute atomic E-state index is 5.93.